The lowest BCUT2D eigenvalue weighted by Gasteiger charge is -2.03. The van der Waals surface area contributed by atoms with E-state index in [0.717, 1.165) is 27.3 Å². The van der Waals surface area contributed by atoms with Crippen molar-refractivity contribution in [2.45, 2.75) is 6.92 Å². The van der Waals surface area contributed by atoms with Gasteiger partial charge in [0.25, 0.3) is 0 Å². The molecule has 4 aromatic rings. The minimum absolute atomic E-state index is 0.255. The standard InChI is InChI=1S/C23H17FN2S/c1-16-7-11-18(12-8-16)21-22(19-5-3-2-4-6-19)27-23(26-21)25-15-17-9-13-20(24)14-10-17/h2-15H,1H3. The van der Waals surface area contributed by atoms with E-state index < -0.39 is 0 Å². The van der Waals surface area contributed by atoms with E-state index >= 15 is 0 Å². The molecule has 0 spiro atoms. The minimum atomic E-state index is -0.255. The van der Waals surface area contributed by atoms with Crippen molar-refractivity contribution in [1.29, 1.82) is 0 Å². The molecular formula is C23H17FN2S. The molecule has 0 unspecified atom stereocenters. The Morgan fingerprint density at radius 1 is 0.852 bits per heavy atom. The predicted octanol–water partition coefficient (Wildman–Crippen LogP) is 6.68. The van der Waals surface area contributed by atoms with Gasteiger partial charge in [-0.25, -0.2) is 14.4 Å². The summed E-state index contributed by atoms with van der Waals surface area (Å²) in [4.78, 5) is 10.4. The van der Waals surface area contributed by atoms with Crippen LogP contribution in [0.25, 0.3) is 21.7 Å². The van der Waals surface area contributed by atoms with E-state index in [1.807, 2.05) is 18.2 Å². The molecule has 0 amide bonds. The predicted molar refractivity (Wildman–Crippen MR) is 111 cm³/mol. The smallest absolute Gasteiger partial charge is 0.210 e. The molecule has 4 rings (SSSR count). The van der Waals surface area contributed by atoms with Crippen molar-refractivity contribution in [2.24, 2.45) is 4.99 Å². The molecule has 132 valence electrons. The van der Waals surface area contributed by atoms with Gasteiger partial charge in [-0.3, -0.25) is 0 Å². The van der Waals surface area contributed by atoms with Crippen LogP contribution >= 0.6 is 11.3 Å². The Labute approximate surface area is 161 Å². The fraction of sp³-hybridized carbons (Fsp3) is 0.0435. The molecule has 4 heteroatoms. The van der Waals surface area contributed by atoms with Crippen LogP contribution in [-0.2, 0) is 0 Å². The van der Waals surface area contributed by atoms with Crippen LogP contribution in [0.5, 0.6) is 0 Å². The molecule has 1 heterocycles. The number of halogens is 1. The summed E-state index contributed by atoms with van der Waals surface area (Å²) < 4.78 is 13.1. The van der Waals surface area contributed by atoms with Gasteiger partial charge in [-0.1, -0.05) is 83.6 Å². The Morgan fingerprint density at radius 2 is 1.56 bits per heavy atom. The average molecular weight is 372 g/mol. The van der Waals surface area contributed by atoms with Gasteiger partial charge in [-0.15, -0.1) is 0 Å². The maximum atomic E-state index is 13.1. The number of thiazole rings is 1. The third-order valence-electron chi connectivity index (χ3n) is 4.17. The molecule has 0 saturated carbocycles. The van der Waals surface area contributed by atoms with Crippen LogP contribution in [-0.4, -0.2) is 11.2 Å². The Hall–Kier alpha value is -3.11. The van der Waals surface area contributed by atoms with Crippen molar-refractivity contribution in [1.82, 2.24) is 4.98 Å². The molecule has 0 radical (unpaired) electrons. The van der Waals surface area contributed by atoms with Gasteiger partial charge in [-0.05, 0) is 30.2 Å². The number of hydrogen-bond acceptors (Lipinski definition) is 3. The Bertz CT molecular complexity index is 1070. The summed E-state index contributed by atoms with van der Waals surface area (Å²) in [5.74, 6) is -0.255. The third-order valence-corrected chi connectivity index (χ3v) is 5.18. The van der Waals surface area contributed by atoms with Crippen molar-refractivity contribution in [3.8, 4) is 21.7 Å². The molecule has 2 nitrogen and oxygen atoms in total. The zero-order valence-electron chi connectivity index (χ0n) is 14.8. The van der Waals surface area contributed by atoms with E-state index in [1.165, 1.54) is 17.7 Å². The summed E-state index contributed by atoms with van der Waals surface area (Å²) in [6, 6.07) is 24.8. The van der Waals surface area contributed by atoms with Crippen molar-refractivity contribution >= 4 is 22.7 Å². The maximum absolute atomic E-state index is 13.1. The first kappa shape index (κ1) is 17.3. The van der Waals surface area contributed by atoms with Gasteiger partial charge in [0, 0.05) is 11.8 Å². The second-order valence-corrected chi connectivity index (χ2v) is 7.19. The number of aliphatic imine (C=N–C) groups is 1. The van der Waals surface area contributed by atoms with Gasteiger partial charge < -0.3 is 0 Å². The number of aryl methyl sites for hydroxylation is 1. The number of nitrogens with zero attached hydrogens (tertiary/aromatic N) is 2. The number of hydrogen-bond donors (Lipinski definition) is 0. The zero-order valence-corrected chi connectivity index (χ0v) is 15.6. The summed E-state index contributed by atoms with van der Waals surface area (Å²) in [5.41, 5.74) is 5.17. The monoisotopic (exact) mass is 372 g/mol. The molecule has 0 saturated heterocycles. The lowest BCUT2D eigenvalue weighted by molar-refractivity contribution is 0.628. The molecule has 0 N–H and O–H groups in total. The van der Waals surface area contributed by atoms with E-state index in [1.54, 1.807) is 29.7 Å². The van der Waals surface area contributed by atoms with Crippen LogP contribution < -0.4 is 0 Å². The first-order chi connectivity index (χ1) is 13.2. The van der Waals surface area contributed by atoms with E-state index in [4.69, 9.17) is 4.98 Å². The quantitative estimate of drug-likeness (QED) is 0.367. The first-order valence-corrected chi connectivity index (χ1v) is 9.43. The topological polar surface area (TPSA) is 25.2 Å². The highest BCUT2D eigenvalue weighted by atomic mass is 32.1. The van der Waals surface area contributed by atoms with Crippen LogP contribution in [0.4, 0.5) is 9.52 Å². The van der Waals surface area contributed by atoms with Crippen LogP contribution in [0.3, 0.4) is 0 Å². The molecule has 0 aliphatic heterocycles. The lowest BCUT2D eigenvalue weighted by atomic mass is 10.1. The van der Waals surface area contributed by atoms with Crippen molar-refractivity contribution < 1.29 is 4.39 Å². The van der Waals surface area contributed by atoms with Crippen molar-refractivity contribution in [3.05, 3.63) is 95.8 Å². The van der Waals surface area contributed by atoms with Crippen molar-refractivity contribution in [3.63, 3.8) is 0 Å². The van der Waals surface area contributed by atoms with Crippen LogP contribution in [0, 0.1) is 12.7 Å². The van der Waals surface area contributed by atoms with Gasteiger partial charge in [0.2, 0.25) is 5.13 Å². The van der Waals surface area contributed by atoms with Gasteiger partial charge in [0.1, 0.15) is 5.82 Å². The van der Waals surface area contributed by atoms with Gasteiger partial charge >= 0.3 is 0 Å². The summed E-state index contributed by atoms with van der Waals surface area (Å²) in [5, 5.41) is 0.675. The molecule has 0 aliphatic rings. The fourth-order valence-corrected chi connectivity index (χ4v) is 3.67. The second-order valence-electron chi connectivity index (χ2n) is 6.22. The molecule has 0 aliphatic carbocycles. The fourth-order valence-electron chi connectivity index (χ4n) is 2.73. The Kier molecular flexibility index (Phi) is 4.90. The molecular weight excluding hydrogens is 355 g/mol. The highest BCUT2D eigenvalue weighted by molar-refractivity contribution is 7.19. The van der Waals surface area contributed by atoms with Crippen LogP contribution in [0.2, 0.25) is 0 Å². The maximum Gasteiger partial charge on any atom is 0.210 e. The SMILES string of the molecule is Cc1ccc(-c2nc(N=Cc3ccc(F)cc3)sc2-c2ccccc2)cc1. The summed E-state index contributed by atoms with van der Waals surface area (Å²) in [6.07, 6.45) is 1.71. The normalized spacial score (nSPS) is 11.2. The summed E-state index contributed by atoms with van der Waals surface area (Å²) in [7, 11) is 0. The third kappa shape index (κ3) is 4.01. The second kappa shape index (κ2) is 7.64. The number of aromatic nitrogens is 1. The molecule has 0 fully saturated rings. The molecule has 1 aromatic heterocycles. The largest absolute Gasteiger partial charge is 0.227 e. The van der Waals surface area contributed by atoms with Crippen LogP contribution in [0.15, 0.2) is 83.9 Å². The molecule has 3 aromatic carbocycles. The molecule has 0 atom stereocenters. The van der Waals surface area contributed by atoms with Gasteiger partial charge in [0.05, 0.1) is 10.6 Å². The van der Waals surface area contributed by atoms with Crippen LogP contribution in [0.1, 0.15) is 11.1 Å². The van der Waals surface area contributed by atoms with Gasteiger partial charge in [-0.2, -0.15) is 0 Å². The number of rotatable bonds is 4. The first-order valence-electron chi connectivity index (χ1n) is 8.62. The highest BCUT2D eigenvalue weighted by Gasteiger charge is 2.14. The molecule has 0 bridgehead atoms. The Balaban J connectivity index is 1.75. The van der Waals surface area contributed by atoms with Gasteiger partial charge in [0.15, 0.2) is 0 Å². The van der Waals surface area contributed by atoms with E-state index in [9.17, 15) is 4.39 Å². The zero-order chi connectivity index (χ0) is 18.6. The van der Waals surface area contributed by atoms with Crippen molar-refractivity contribution in [2.75, 3.05) is 0 Å². The highest BCUT2D eigenvalue weighted by Crippen LogP contribution is 2.40. The van der Waals surface area contributed by atoms with E-state index in [-0.39, 0.29) is 5.82 Å². The summed E-state index contributed by atoms with van der Waals surface area (Å²) >= 11 is 1.55. The number of benzene rings is 3. The van der Waals surface area contributed by atoms with E-state index in [0.29, 0.717) is 5.13 Å². The Morgan fingerprint density at radius 3 is 2.26 bits per heavy atom. The summed E-state index contributed by atoms with van der Waals surface area (Å²) in [6.45, 7) is 2.07. The minimum Gasteiger partial charge on any atom is -0.227 e. The lowest BCUT2D eigenvalue weighted by Crippen LogP contribution is -1.83. The average Bonchev–Trinajstić information content (AvgIpc) is 3.13. The van der Waals surface area contributed by atoms with E-state index in [2.05, 4.69) is 48.3 Å². The molecule has 27 heavy (non-hydrogen) atoms.